The van der Waals surface area contributed by atoms with Crippen molar-refractivity contribution in [1.82, 2.24) is 0 Å². The van der Waals surface area contributed by atoms with E-state index in [9.17, 15) is 0 Å². The number of allylic oxidation sites excluding steroid dienone is 5. The predicted octanol–water partition coefficient (Wildman–Crippen LogP) is 7.49. The highest BCUT2D eigenvalue weighted by atomic mass is 16.5. The first-order valence-corrected chi connectivity index (χ1v) is 12.4. The molecule has 156 valence electrons. The van der Waals surface area contributed by atoms with Gasteiger partial charge in [0.2, 0.25) is 0 Å². The molecular weight excluding hydrogens is 340 g/mol. The van der Waals surface area contributed by atoms with Gasteiger partial charge in [0.1, 0.15) is 0 Å². The molecule has 0 aromatic carbocycles. The summed E-state index contributed by atoms with van der Waals surface area (Å²) in [6.45, 7) is 5.70. The fourth-order valence-corrected chi connectivity index (χ4v) is 6.00. The lowest BCUT2D eigenvalue weighted by Gasteiger charge is -2.34. The van der Waals surface area contributed by atoms with Crippen molar-refractivity contribution in [2.75, 3.05) is 6.61 Å². The van der Waals surface area contributed by atoms with E-state index in [1.165, 1.54) is 70.6 Å². The fraction of sp³-hybridized carbons (Fsp3) is 0.778. The van der Waals surface area contributed by atoms with Crippen LogP contribution in [0, 0.1) is 35.5 Å². The fourth-order valence-electron chi connectivity index (χ4n) is 6.00. The third-order valence-corrected chi connectivity index (χ3v) is 8.22. The molecule has 3 unspecified atom stereocenters. The monoisotopic (exact) mass is 382 g/mol. The van der Waals surface area contributed by atoms with E-state index in [1.807, 2.05) is 0 Å². The van der Waals surface area contributed by atoms with Gasteiger partial charge in [-0.05, 0) is 93.0 Å². The summed E-state index contributed by atoms with van der Waals surface area (Å²) >= 11 is 0. The van der Waals surface area contributed by atoms with Crippen LogP contribution in [0.2, 0.25) is 0 Å². The molecule has 3 atom stereocenters. The molecule has 0 saturated heterocycles. The van der Waals surface area contributed by atoms with Crippen molar-refractivity contribution in [1.29, 1.82) is 0 Å². The highest BCUT2D eigenvalue weighted by molar-refractivity contribution is 5.27. The van der Waals surface area contributed by atoms with Gasteiger partial charge in [-0.3, -0.25) is 0 Å². The molecule has 0 amide bonds. The minimum atomic E-state index is 0.508. The lowest BCUT2D eigenvalue weighted by atomic mass is 9.72. The molecule has 0 spiro atoms. The number of rotatable bonds is 5. The van der Waals surface area contributed by atoms with Crippen LogP contribution in [-0.4, -0.2) is 12.7 Å². The highest BCUT2D eigenvalue weighted by Gasteiger charge is 2.28. The van der Waals surface area contributed by atoms with Crippen LogP contribution in [0.1, 0.15) is 84.5 Å². The Morgan fingerprint density at radius 2 is 1.61 bits per heavy atom. The molecule has 28 heavy (non-hydrogen) atoms. The molecule has 2 saturated carbocycles. The van der Waals surface area contributed by atoms with Gasteiger partial charge in [-0.2, -0.15) is 0 Å². The zero-order valence-corrected chi connectivity index (χ0v) is 18.3. The van der Waals surface area contributed by atoms with Gasteiger partial charge in [0.15, 0.2) is 0 Å². The smallest absolute Gasteiger partial charge is 0.0575 e. The first kappa shape index (κ1) is 20.5. The van der Waals surface area contributed by atoms with Crippen LogP contribution in [0.5, 0.6) is 0 Å². The quantitative estimate of drug-likeness (QED) is 0.447. The number of hydrogen-bond acceptors (Lipinski definition) is 1. The van der Waals surface area contributed by atoms with Gasteiger partial charge in [0.25, 0.3) is 0 Å². The first-order valence-electron chi connectivity index (χ1n) is 12.4. The van der Waals surface area contributed by atoms with Crippen LogP contribution in [0.4, 0.5) is 0 Å². The van der Waals surface area contributed by atoms with E-state index in [4.69, 9.17) is 4.74 Å². The Balaban J connectivity index is 1.17. The maximum absolute atomic E-state index is 6.31. The van der Waals surface area contributed by atoms with Crippen LogP contribution in [0.25, 0.3) is 0 Å². The van der Waals surface area contributed by atoms with Crippen molar-refractivity contribution in [2.24, 2.45) is 35.5 Å². The largest absolute Gasteiger partial charge is 0.378 e. The van der Waals surface area contributed by atoms with E-state index in [-0.39, 0.29) is 0 Å². The Bertz CT molecular complexity index is 569. The van der Waals surface area contributed by atoms with Crippen molar-refractivity contribution < 1.29 is 4.74 Å². The summed E-state index contributed by atoms with van der Waals surface area (Å²) in [5.74, 6) is 4.96. The van der Waals surface area contributed by atoms with Gasteiger partial charge in [0.05, 0.1) is 12.7 Å². The highest BCUT2D eigenvalue weighted by Crippen LogP contribution is 2.40. The Hall–Kier alpha value is -0.820. The molecule has 0 aromatic rings. The zero-order chi connectivity index (χ0) is 19.3. The lowest BCUT2D eigenvalue weighted by molar-refractivity contribution is 0.00670. The first-order chi connectivity index (χ1) is 13.7. The second-order valence-corrected chi connectivity index (χ2v) is 10.5. The molecule has 4 rings (SSSR count). The molecule has 4 aliphatic carbocycles. The van der Waals surface area contributed by atoms with Gasteiger partial charge >= 0.3 is 0 Å². The van der Waals surface area contributed by atoms with E-state index in [1.54, 1.807) is 5.57 Å². The molecule has 0 aromatic heterocycles. The summed E-state index contributed by atoms with van der Waals surface area (Å²) < 4.78 is 6.31. The van der Waals surface area contributed by atoms with E-state index < -0.39 is 0 Å². The van der Waals surface area contributed by atoms with Crippen molar-refractivity contribution >= 4 is 0 Å². The van der Waals surface area contributed by atoms with Gasteiger partial charge < -0.3 is 4.74 Å². The predicted molar refractivity (Wildman–Crippen MR) is 119 cm³/mol. The molecule has 4 aliphatic rings. The van der Waals surface area contributed by atoms with Crippen molar-refractivity contribution in [3.05, 3.63) is 36.0 Å². The van der Waals surface area contributed by atoms with E-state index in [0.717, 1.165) is 36.2 Å². The SMILES string of the molecule is CC1C=CC(COC2CCC(C3=CCC(C4CCC(C)CC4)C=C3)CC2)CC1. The summed E-state index contributed by atoms with van der Waals surface area (Å²) in [5.41, 5.74) is 1.64. The number of hydrogen-bond donors (Lipinski definition) is 0. The van der Waals surface area contributed by atoms with Gasteiger partial charge in [-0.1, -0.05) is 57.1 Å². The van der Waals surface area contributed by atoms with Crippen LogP contribution < -0.4 is 0 Å². The third kappa shape index (κ3) is 5.41. The van der Waals surface area contributed by atoms with Gasteiger partial charge in [-0.25, -0.2) is 0 Å². The Kier molecular flexibility index (Phi) is 7.15. The minimum Gasteiger partial charge on any atom is -0.378 e. The average molecular weight is 383 g/mol. The Labute approximate surface area is 173 Å². The van der Waals surface area contributed by atoms with E-state index in [2.05, 4.69) is 44.2 Å². The van der Waals surface area contributed by atoms with Gasteiger partial charge in [0, 0.05) is 5.92 Å². The topological polar surface area (TPSA) is 9.23 Å². The normalized spacial score (nSPS) is 41.6. The lowest BCUT2D eigenvalue weighted by Crippen LogP contribution is -2.26. The second-order valence-electron chi connectivity index (χ2n) is 10.5. The third-order valence-electron chi connectivity index (χ3n) is 8.22. The van der Waals surface area contributed by atoms with E-state index in [0.29, 0.717) is 12.0 Å². The zero-order valence-electron chi connectivity index (χ0n) is 18.3. The van der Waals surface area contributed by atoms with Crippen LogP contribution in [0.3, 0.4) is 0 Å². The van der Waals surface area contributed by atoms with Gasteiger partial charge in [-0.15, -0.1) is 0 Å². The standard InChI is InChI=1S/C27H42O/c1-20-3-7-22(8-4-20)19-28-27-17-15-26(16-18-27)25-13-11-24(12-14-25)23-9-5-21(2)6-10-23/h3,7,11,13-14,20-24,26-27H,4-6,8-10,12,15-19H2,1-2H3. The molecule has 1 heteroatoms. The molecule has 1 nitrogen and oxygen atoms in total. The maximum atomic E-state index is 6.31. The van der Waals surface area contributed by atoms with Crippen molar-refractivity contribution in [3.63, 3.8) is 0 Å². The average Bonchev–Trinajstić information content (AvgIpc) is 2.74. The second kappa shape index (κ2) is 9.79. The molecule has 0 radical (unpaired) electrons. The summed E-state index contributed by atoms with van der Waals surface area (Å²) in [6.07, 6.45) is 27.9. The minimum absolute atomic E-state index is 0.508. The Morgan fingerprint density at radius 1 is 0.821 bits per heavy atom. The molecule has 0 heterocycles. The summed E-state index contributed by atoms with van der Waals surface area (Å²) in [4.78, 5) is 0. The van der Waals surface area contributed by atoms with E-state index >= 15 is 0 Å². The summed E-state index contributed by atoms with van der Waals surface area (Å²) in [5, 5.41) is 0. The summed E-state index contributed by atoms with van der Waals surface area (Å²) in [6, 6.07) is 0. The molecular formula is C27H42O. The molecule has 0 bridgehead atoms. The van der Waals surface area contributed by atoms with Crippen LogP contribution in [0.15, 0.2) is 36.0 Å². The van der Waals surface area contributed by atoms with Crippen molar-refractivity contribution in [3.8, 4) is 0 Å². The molecule has 2 fully saturated rings. The van der Waals surface area contributed by atoms with Crippen molar-refractivity contribution in [2.45, 2.75) is 90.6 Å². The molecule has 0 N–H and O–H groups in total. The summed E-state index contributed by atoms with van der Waals surface area (Å²) in [7, 11) is 0. The van der Waals surface area contributed by atoms with Crippen LogP contribution >= 0.6 is 0 Å². The maximum Gasteiger partial charge on any atom is 0.0575 e. The Morgan fingerprint density at radius 3 is 2.25 bits per heavy atom. The van der Waals surface area contributed by atoms with Crippen LogP contribution in [-0.2, 0) is 4.74 Å². The molecule has 0 aliphatic heterocycles. The number of ether oxygens (including phenoxy) is 1.